The van der Waals surface area contributed by atoms with E-state index in [4.69, 9.17) is 0 Å². The van der Waals surface area contributed by atoms with Gasteiger partial charge in [0, 0.05) is 11.9 Å². The molecule has 3 heteroatoms. The van der Waals surface area contributed by atoms with Gasteiger partial charge < -0.3 is 9.90 Å². The topological polar surface area (TPSA) is 40.1 Å². The van der Waals surface area contributed by atoms with E-state index in [1.165, 1.54) is 5.56 Å². The third-order valence-electron chi connectivity index (χ3n) is 2.24. The van der Waals surface area contributed by atoms with Crippen molar-refractivity contribution in [3.05, 3.63) is 35.4 Å². The fourth-order valence-electron chi connectivity index (χ4n) is 1.18. The number of carbonyl (C=O) groups excluding carboxylic acids is 1. The summed E-state index contributed by atoms with van der Waals surface area (Å²) in [4.78, 5) is 10.5. The molecule has 1 aromatic carbocycles. The zero-order chi connectivity index (χ0) is 9.84. The molecule has 0 saturated heterocycles. The maximum Gasteiger partial charge on any atom is 1.00 e. The molecule has 1 aromatic rings. The van der Waals surface area contributed by atoms with Crippen LogP contribution in [0.1, 0.15) is 30.9 Å². The summed E-state index contributed by atoms with van der Waals surface area (Å²) in [6.45, 7) is 3.70. The monoisotopic (exact) mass is 200 g/mol. The Kier molecular flexibility index (Phi) is 6.09. The quantitative estimate of drug-likeness (QED) is 0.535. The van der Waals surface area contributed by atoms with Crippen LogP contribution in [0.2, 0.25) is 0 Å². The van der Waals surface area contributed by atoms with Crippen LogP contribution >= 0.6 is 0 Å². The summed E-state index contributed by atoms with van der Waals surface area (Å²) in [6.07, 6.45) is 0.972. The molecule has 0 bridgehead atoms. The number of carboxylic acid groups (broad SMARTS) is 1. The summed E-state index contributed by atoms with van der Waals surface area (Å²) in [5.74, 6) is -1.55. The molecule has 0 fully saturated rings. The predicted molar refractivity (Wildman–Crippen MR) is 49.2 cm³/mol. The van der Waals surface area contributed by atoms with Gasteiger partial charge in [0.1, 0.15) is 0 Å². The first-order chi connectivity index (χ1) is 6.15. The van der Waals surface area contributed by atoms with Crippen molar-refractivity contribution >= 4 is 5.97 Å². The number of benzene rings is 1. The van der Waals surface area contributed by atoms with Crippen molar-refractivity contribution in [3.63, 3.8) is 0 Å². The van der Waals surface area contributed by atoms with E-state index in [-0.39, 0.29) is 29.6 Å². The van der Waals surface area contributed by atoms with Gasteiger partial charge in [-0.05, 0) is 17.5 Å². The van der Waals surface area contributed by atoms with Crippen LogP contribution in [0.4, 0.5) is 0 Å². The minimum atomic E-state index is -1.02. The molecule has 0 aliphatic carbocycles. The summed E-state index contributed by atoms with van der Waals surface area (Å²) in [7, 11) is 0. The number of carbonyl (C=O) groups is 1. The second kappa shape index (κ2) is 6.23. The molecule has 0 N–H and O–H groups in total. The molecule has 0 amide bonds. The van der Waals surface area contributed by atoms with Crippen LogP contribution in [-0.2, 0) is 11.2 Å². The molecular weight excluding hydrogens is 187 g/mol. The van der Waals surface area contributed by atoms with Crippen molar-refractivity contribution < 1.29 is 39.5 Å². The van der Waals surface area contributed by atoms with E-state index in [0.717, 1.165) is 12.0 Å². The molecule has 0 radical (unpaired) electrons. The SMILES string of the molecule is CCc1ccc(C(C)C(=O)[O-])cc1.[Na+]. The van der Waals surface area contributed by atoms with Crippen molar-refractivity contribution in [2.75, 3.05) is 0 Å². The van der Waals surface area contributed by atoms with E-state index in [0.29, 0.717) is 0 Å². The van der Waals surface area contributed by atoms with E-state index in [1.807, 2.05) is 24.3 Å². The average molecular weight is 200 g/mol. The largest absolute Gasteiger partial charge is 1.00 e. The normalized spacial score (nSPS) is 11.6. The number of carboxylic acids is 1. The third kappa shape index (κ3) is 3.45. The van der Waals surface area contributed by atoms with Crippen LogP contribution < -0.4 is 34.7 Å². The van der Waals surface area contributed by atoms with E-state index in [2.05, 4.69) is 6.92 Å². The van der Waals surface area contributed by atoms with Crippen LogP contribution in [0.15, 0.2) is 24.3 Å². The van der Waals surface area contributed by atoms with Gasteiger partial charge in [-0.2, -0.15) is 0 Å². The molecule has 0 aromatic heterocycles. The molecular formula is C11H13NaO2. The molecule has 1 unspecified atom stereocenters. The van der Waals surface area contributed by atoms with Crippen LogP contribution in [0.3, 0.4) is 0 Å². The summed E-state index contributed by atoms with van der Waals surface area (Å²) in [6, 6.07) is 7.60. The van der Waals surface area contributed by atoms with Gasteiger partial charge in [-0.25, -0.2) is 0 Å². The van der Waals surface area contributed by atoms with Gasteiger partial charge in [-0.1, -0.05) is 38.1 Å². The molecule has 2 nitrogen and oxygen atoms in total. The van der Waals surface area contributed by atoms with Crippen molar-refractivity contribution in [3.8, 4) is 0 Å². The Morgan fingerprint density at radius 3 is 2.21 bits per heavy atom. The Hall–Kier alpha value is -0.310. The zero-order valence-electron chi connectivity index (χ0n) is 8.91. The van der Waals surface area contributed by atoms with E-state index >= 15 is 0 Å². The summed E-state index contributed by atoms with van der Waals surface area (Å²) in [5, 5.41) is 10.5. The summed E-state index contributed by atoms with van der Waals surface area (Å²) in [5.41, 5.74) is 2.02. The van der Waals surface area contributed by atoms with Crippen molar-refractivity contribution in [1.82, 2.24) is 0 Å². The maximum absolute atomic E-state index is 10.5. The maximum atomic E-state index is 10.5. The first-order valence-electron chi connectivity index (χ1n) is 4.44. The molecule has 0 aliphatic rings. The average Bonchev–Trinajstić information content (AvgIpc) is 2.17. The first-order valence-corrected chi connectivity index (χ1v) is 4.44. The Bertz CT molecular complexity index is 293. The van der Waals surface area contributed by atoms with Crippen molar-refractivity contribution in [2.24, 2.45) is 0 Å². The summed E-state index contributed by atoms with van der Waals surface area (Å²) < 4.78 is 0. The first kappa shape index (κ1) is 13.7. The third-order valence-corrected chi connectivity index (χ3v) is 2.24. The smallest absolute Gasteiger partial charge is 0.550 e. The van der Waals surface area contributed by atoms with Crippen LogP contribution in [-0.4, -0.2) is 5.97 Å². The van der Waals surface area contributed by atoms with Crippen molar-refractivity contribution in [2.45, 2.75) is 26.2 Å². The van der Waals surface area contributed by atoms with E-state index in [1.54, 1.807) is 6.92 Å². The number of rotatable bonds is 3. The fourth-order valence-corrected chi connectivity index (χ4v) is 1.18. The van der Waals surface area contributed by atoms with Gasteiger partial charge >= 0.3 is 29.6 Å². The van der Waals surface area contributed by atoms with E-state index in [9.17, 15) is 9.90 Å². The minimum absolute atomic E-state index is 0. The minimum Gasteiger partial charge on any atom is -0.550 e. The van der Waals surface area contributed by atoms with Gasteiger partial charge in [0.25, 0.3) is 0 Å². The Morgan fingerprint density at radius 1 is 1.36 bits per heavy atom. The number of aliphatic carboxylic acids is 1. The standard InChI is InChI=1S/C11H14O2.Na/c1-3-9-4-6-10(7-5-9)8(2)11(12)13;/h4-8H,3H2,1-2H3,(H,12,13);/q;+1/p-1. The Labute approximate surface area is 107 Å². The molecule has 1 atom stereocenters. The molecule has 0 spiro atoms. The molecule has 70 valence electrons. The van der Waals surface area contributed by atoms with Gasteiger partial charge in [0.2, 0.25) is 0 Å². The molecule has 0 heterocycles. The van der Waals surface area contributed by atoms with Gasteiger partial charge in [-0.15, -0.1) is 0 Å². The van der Waals surface area contributed by atoms with Crippen LogP contribution in [0, 0.1) is 0 Å². The number of hydrogen-bond donors (Lipinski definition) is 0. The second-order valence-electron chi connectivity index (χ2n) is 3.14. The Balaban J connectivity index is 0.00000169. The summed E-state index contributed by atoms with van der Waals surface area (Å²) >= 11 is 0. The molecule has 14 heavy (non-hydrogen) atoms. The van der Waals surface area contributed by atoms with Crippen LogP contribution in [0.5, 0.6) is 0 Å². The van der Waals surface area contributed by atoms with Gasteiger partial charge in [0.05, 0.1) is 0 Å². The second-order valence-corrected chi connectivity index (χ2v) is 3.14. The van der Waals surface area contributed by atoms with Crippen LogP contribution in [0.25, 0.3) is 0 Å². The number of hydrogen-bond acceptors (Lipinski definition) is 2. The van der Waals surface area contributed by atoms with E-state index < -0.39 is 11.9 Å². The molecule has 1 rings (SSSR count). The predicted octanol–water partition coefficient (Wildman–Crippen LogP) is -1.89. The number of aryl methyl sites for hydroxylation is 1. The molecule has 0 aliphatic heterocycles. The Morgan fingerprint density at radius 2 is 1.86 bits per heavy atom. The zero-order valence-corrected chi connectivity index (χ0v) is 10.9. The fraction of sp³-hybridized carbons (Fsp3) is 0.364. The molecule has 0 saturated carbocycles. The van der Waals surface area contributed by atoms with Crippen molar-refractivity contribution in [1.29, 1.82) is 0 Å². The van der Waals surface area contributed by atoms with Gasteiger partial charge in [-0.3, -0.25) is 0 Å². The van der Waals surface area contributed by atoms with Gasteiger partial charge in [0.15, 0.2) is 0 Å².